The first-order valence-electron chi connectivity index (χ1n) is 4.88. The molecule has 0 radical (unpaired) electrons. The summed E-state index contributed by atoms with van der Waals surface area (Å²) < 4.78 is 1.90. The summed E-state index contributed by atoms with van der Waals surface area (Å²) in [4.78, 5) is 0. The van der Waals surface area contributed by atoms with Crippen LogP contribution in [0.1, 0.15) is 24.2 Å². The van der Waals surface area contributed by atoms with Crippen LogP contribution < -0.4 is 5.73 Å². The van der Waals surface area contributed by atoms with E-state index in [1.807, 2.05) is 11.7 Å². The van der Waals surface area contributed by atoms with E-state index in [-0.39, 0.29) is 0 Å². The van der Waals surface area contributed by atoms with Crippen LogP contribution in [0.25, 0.3) is 0 Å². The Labute approximate surface area is 78.1 Å². The van der Waals surface area contributed by atoms with Crippen molar-refractivity contribution < 1.29 is 0 Å². The fourth-order valence-corrected chi connectivity index (χ4v) is 2.06. The smallest absolute Gasteiger partial charge is 0.0859 e. The second kappa shape index (κ2) is 3.46. The van der Waals surface area contributed by atoms with E-state index in [0.717, 1.165) is 31.7 Å². The molecule has 1 aromatic rings. The van der Waals surface area contributed by atoms with Crippen LogP contribution in [0.5, 0.6) is 0 Å². The molecule has 4 nitrogen and oxygen atoms in total. The van der Waals surface area contributed by atoms with Gasteiger partial charge in [-0.25, -0.2) is 0 Å². The number of aromatic nitrogens is 3. The van der Waals surface area contributed by atoms with Gasteiger partial charge in [0, 0.05) is 7.05 Å². The summed E-state index contributed by atoms with van der Waals surface area (Å²) in [6.45, 7) is 0.797. The number of aryl methyl sites for hydroxylation is 2. The van der Waals surface area contributed by atoms with E-state index in [4.69, 9.17) is 5.73 Å². The number of hydrogen-bond donors (Lipinski definition) is 1. The molecule has 0 aromatic carbocycles. The third-order valence-corrected chi connectivity index (χ3v) is 2.87. The van der Waals surface area contributed by atoms with E-state index in [9.17, 15) is 0 Å². The van der Waals surface area contributed by atoms with E-state index >= 15 is 0 Å². The van der Waals surface area contributed by atoms with E-state index in [1.165, 1.54) is 17.8 Å². The van der Waals surface area contributed by atoms with Crippen LogP contribution in [0.3, 0.4) is 0 Å². The summed E-state index contributed by atoms with van der Waals surface area (Å²) in [6.07, 6.45) is 4.54. The van der Waals surface area contributed by atoms with Crippen molar-refractivity contribution in [3.63, 3.8) is 0 Å². The molecule has 4 heteroatoms. The van der Waals surface area contributed by atoms with Crippen LogP contribution in [0.2, 0.25) is 0 Å². The average Bonchev–Trinajstić information content (AvgIpc) is 2.49. The van der Waals surface area contributed by atoms with Gasteiger partial charge in [-0.2, -0.15) is 0 Å². The van der Waals surface area contributed by atoms with Gasteiger partial charge in [0.05, 0.1) is 11.4 Å². The van der Waals surface area contributed by atoms with Crippen LogP contribution in [0, 0.1) is 5.92 Å². The van der Waals surface area contributed by atoms with Crippen molar-refractivity contribution in [2.45, 2.75) is 25.7 Å². The van der Waals surface area contributed by atoms with Gasteiger partial charge in [0.25, 0.3) is 0 Å². The van der Waals surface area contributed by atoms with Crippen molar-refractivity contribution in [3.8, 4) is 0 Å². The molecular weight excluding hydrogens is 164 g/mol. The van der Waals surface area contributed by atoms with Gasteiger partial charge in [0.15, 0.2) is 0 Å². The molecule has 0 amide bonds. The van der Waals surface area contributed by atoms with Crippen LogP contribution in [-0.4, -0.2) is 21.5 Å². The van der Waals surface area contributed by atoms with Gasteiger partial charge in [-0.1, -0.05) is 5.21 Å². The quantitative estimate of drug-likeness (QED) is 0.710. The molecule has 0 bridgehead atoms. The maximum atomic E-state index is 5.55. The van der Waals surface area contributed by atoms with Crippen molar-refractivity contribution in [1.82, 2.24) is 15.0 Å². The first-order valence-corrected chi connectivity index (χ1v) is 4.88. The Morgan fingerprint density at radius 3 is 3.23 bits per heavy atom. The summed E-state index contributed by atoms with van der Waals surface area (Å²) in [5, 5.41) is 8.16. The van der Waals surface area contributed by atoms with E-state index in [1.54, 1.807) is 0 Å². The number of rotatable bonds is 2. The number of fused-ring (bicyclic) bond motifs is 1. The molecule has 13 heavy (non-hydrogen) atoms. The van der Waals surface area contributed by atoms with Crippen LogP contribution in [0.4, 0.5) is 0 Å². The third kappa shape index (κ3) is 1.58. The zero-order valence-corrected chi connectivity index (χ0v) is 8.03. The number of nitrogens with zero attached hydrogens (tertiary/aromatic N) is 3. The molecule has 1 heterocycles. The van der Waals surface area contributed by atoms with Gasteiger partial charge in [0.1, 0.15) is 0 Å². The predicted molar refractivity (Wildman–Crippen MR) is 50.2 cm³/mol. The lowest BCUT2D eigenvalue weighted by atomic mass is 9.87. The van der Waals surface area contributed by atoms with Crippen LogP contribution in [-0.2, 0) is 19.9 Å². The lowest BCUT2D eigenvalue weighted by Gasteiger charge is -2.20. The Balaban J connectivity index is 2.13. The van der Waals surface area contributed by atoms with Crippen molar-refractivity contribution in [2.75, 3.05) is 6.54 Å². The monoisotopic (exact) mass is 180 g/mol. The largest absolute Gasteiger partial charge is 0.330 e. The molecule has 1 aromatic heterocycles. The third-order valence-electron chi connectivity index (χ3n) is 2.87. The van der Waals surface area contributed by atoms with Gasteiger partial charge in [-0.3, -0.25) is 4.68 Å². The average molecular weight is 180 g/mol. The van der Waals surface area contributed by atoms with E-state index < -0.39 is 0 Å². The fourth-order valence-electron chi connectivity index (χ4n) is 2.06. The molecular formula is C9H16N4. The minimum atomic E-state index is 0.745. The van der Waals surface area contributed by atoms with Gasteiger partial charge in [-0.05, 0) is 38.1 Å². The second-order valence-electron chi connectivity index (χ2n) is 3.79. The van der Waals surface area contributed by atoms with E-state index in [0.29, 0.717) is 0 Å². The standard InChI is InChI=1S/C9H16N4/c1-13-9-6-7(4-5-10)2-3-8(9)11-12-13/h7H,2-6,10H2,1H3. The minimum absolute atomic E-state index is 0.745. The second-order valence-corrected chi connectivity index (χ2v) is 3.79. The SMILES string of the molecule is Cn1nnc2c1CC(CCN)CC2. The molecule has 1 aliphatic rings. The Bertz CT molecular complexity index is 292. The topological polar surface area (TPSA) is 56.7 Å². The van der Waals surface area contributed by atoms with Gasteiger partial charge < -0.3 is 5.73 Å². The predicted octanol–water partition coefficient (Wildman–Crippen LogP) is 0.269. The van der Waals surface area contributed by atoms with Crippen LogP contribution in [0.15, 0.2) is 0 Å². The summed E-state index contributed by atoms with van der Waals surface area (Å²) in [5.74, 6) is 0.745. The molecule has 0 saturated heterocycles. The summed E-state index contributed by atoms with van der Waals surface area (Å²) in [5.41, 5.74) is 8.06. The number of hydrogen-bond acceptors (Lipinski definition) is 3. The molecule has 0 spiro atoms. The van der Waals surface area contributed by atoms with Gasteiger partial charge in [-0.15, -0.1) is 5.10 Å². The number of nitrogens with two attached hydrogens (primary N) is 1. The first kappa shape index (κ1) is 8.69. The molecule has 1 aliphatic carbocycles. The van der Waals surface area contributed by atoms with E-state index in [2.05, 4.69) is 10.3 Å². The highest BCUT2D eigenvalue weighted by molar-refractivity contribution is 5.14. The van der Waals surface area contributed by atoms with Crippen molar-refractivity contribution in [2.24, 2.45) is 18.7 Å². The maximum Gasteiger partial charge on any atom is 0.0859 e. The molecule has 0 aliphatic heterocycles. The lowest BCUT2D eigenvalue weighted by molar-refractivity contribution is 0.419. The van der Waals surface area contributed by atoms with Crippen molar-refractivity contribution in [1.29, 1.82) is 0 Å². The Morgan fingerprint density at radius 2 is 2.46 bits per heavy atom. The summed E-state index contributed by atoms with van der Waals surface area (Å²) in [6, 6.07) is 0. The van der Waals surface area contributed by atoms with Crippen molar-refractivity contribution in [3.05, 3.63) is 11.4 Å². The molecule has 1 unspecified atom stereocenters. The lowest BCUT2D eigenvalue weighted by Crippen LogP contribution is -2.19. The molecule has 0 saturated carbocycles. The zero-order chi connectivity index (χ0) is 9.26. The molecule has 2 N–H and O–H groups in total. The molecule has 2 rings (SSSR count). The maximum absolute atomic E-state index is 5.55. The Hall–Kier alpha value is -0.900. The Kier molecular flexibility index (Phi) is 2.31. The van der Waals surface area contributed by atoms with Crippen molar-refractivity contribution >= 4 is 0 Å². The highest BCUT2D eigenvalue weighted by atomic mass is 15.4. The van der Waals surface area contributed by atoms with Crippen LogP contribution >= 0.6 is 0 Å². The molecule has 0 fully saturated rings. The highest BCUT2D eigenvalue weighted by Crippen LogP contribution is 2.24. The minimum Gasteiger partial charge on any atom is -0.330 e. The van der Waals surface area contributed by atoms with Gasteiger partial charge >= 0.3 is 0 Å². The first-order chi connectivity index (χ1) is 6.31. The van der Waals surface area contributed by atoms with Gasteiger partial charge in [0.2, 0.25) is 0 Å². The highest BCUT2D eigenvalue weighted by Gasteiger charge is 2.22. The summed E-state index contributed by atoms with van der Waals surface area (Å²) >= 11 is 0. The zero-order valence-electron chi connectivity index (χ0n) is 8.03. The fraction of sp³-hybridized carbons (Fsp3) is 0.778. The Morgan fingerprint density at radius 1 is 1.62 bits per heavy atom. The summed E-state index contributed by atoms with van der Waals surface area (Å²) in [7, 11) is 1.97. The molecule has 72 valence electrons. The molecule has 1 atom stereocenters. The normalized spacial score (nSPS) is 21.5.